The lowest BCUT2D eigenvalue weighted by molar-refractivity contribution is 0.568. The molecule has 1 aromatic carbocycles. The summed E-state index contributed by atoms with van der Waals surface area (Å²) in [5.41, 5.74) is 5.47. The maximum atomic E-state index is 13.3. The van der Waals surface area contributed by atoms with Crippen molar-refractivity contribution in [1.82, 2.24) is 4.72 Å². The van der Waals surface area contributed by atoms with E-state index in [-0.39, 0.29) is 21.1 Å². The predicted molar refractivity (Wildman–Crippen MR) is 81.6 cm³/mol. The van der Waals surface area contributed by atoms with Crippen molar-refractivity contribution in [3.63, 3.8) is 0 Å². The van der Waals surface area contributed by atoms with Gasteiger partial charge in [-0.3, -0.25) is 0 Å². The molecule has 1 heterocycles. The molecule has 2 aromatic rings. The second-order valence-electron chi connectivity index (χ2n) is 4.16. The van der Waals surface area contributed by atoms with Crippen molar-refractivity contribution in [2.45, 2.75) is 17.9 Å². The molecule has 20 heavy (non-hydrogen) atoms. The second kappa shape index (κ2) is 5.80. The van der Waals surface area contributed by atoms with E-state index in [0.29, 0.717) is 0 Å². The molecule has 0 bridgehead atoms. The molecule has 0 radical (unpaired) electrons. The van der Waals surface area contributed by atoms with Crippen LogP contribution in [0.25, 0.3) is 0 Å². The molecular weight excluding hydrogens is 367 g/mol. The topological polar surface area (TPSA) is 72.2 Å². The van der Waals surface area contributed by atoms with Crippen LogP contribution in [-0.2, 0) is 10.0 Å². The maximum Gasteiger partial charge on any atom is 0.243 e. The summed E-state index contributed by atoms with van der Waals surface area (Å²) in [4.78, 5) is 0.738. The van der Waals surface area contributed by atoms with E-state index in [1.807, 2.05) is 17.5 Å². The van der Waals surface area contributed by atoms with Crippen LogP contribution in [0.3, 0.4) is 0 Å². The molecule has 1 unspecified atom stereocenters. The van der Waals surface area contributed by atoms with Crippen LogP contribution in [0, 0.1) is 5.82 Å². The molecular formula is C12H12BrFN2O2S2. The van der Waals surface area contributed by atoms with E-state index in [1.54, 1.807) is 6.92 Å². The average molecular weight is 379 g/mol. The van der Waals surface area contributed by atoms with Gasteiger partial charge >= 0.3 is 0 Å². The van der Waals surface area contributed by atoms with Crippen LogP contribution < -0.4 is 10.5 Å². The number of rotatable bonds is 4. The Balaban J connectivity index is 2.34. The van der Waals surface area contributed by atoms with Crippen LogP contribution >= 0.6 is 27.3 Å². The Morgan fingerprint density at radius 1 is 1.45 bits per heavy atom. The van der Waals surface area contributed by atoms with Crippen molar-refractivity contribution in [2.24, 2.45) is 0 Å². The van der Waals surface area contributed by atoms with Crippen molar-refractivity contribution in [1.29, 1.82) is 0 Å². The number of hydrogen-bond donors (Lipinski definition) is 2. The van der Waals surface area contributed by atoms with Crippen molar-refractivity contribution >= 4 is 43.0 Å². The third kappa shape index (κ3) is 3.20. The van der Waals surface area contributed by atoms with Gasteiger partial charge in [0.1, 0.15) is 10.7 Å². The summed E-state index contributed by atoms with van der Waals surface area (Å²) in [7, 11) is -3.82. The molecule has 3 N–H and O–H groups in total. The number of hydrogen-bond acceptors (Lipinski definition) is 4. The molecule has 1 atom stereocenters. The van der Waals surface area contributed by atoms with Gasteiger partial charge in [-0.15, -0.1) is 11.3 Å². The Labute approximate surface area is 129 Å². The summed E-state index contributed by atoms with van der Waals surface area (Å²) >= 11 is 4.41. The molecule has 1 aromatic heterocycles. The first-order valence-electron chi connectivity index (χ1n) is 5.61. The summed E-state index contributed by atoms with van der Waals surface area (Å²) in [6.07, 6.45) is 0. The lowest BCUT2D eigenvalue weighted by Gasteiger charge is -2.14. The fourth-order valence-corrected chi connectivity index (χ4v) is 4.33. The number of halogens is 2. The van der Waals surface area contributed by atoms with Gasteiger partial charge in [0, 0.05) is 4.88 Å². The fraction of sp³-hybridized carbons (Fsp3) is 0.167. The quantitative estimate of drug-likeness (QED) is 0.801. The smallest absolute Gasteiger partial charge is 0.243 e. The monoisotopic (exact) mass is 378 g/mol. The zero-order valence-corrected chi connectivity index (χ0v) is 13.6. The summed E-state index contributed by atoms with van der Waals surface area (Å²) in [6.45, 7) is 1.73. The first-order chi connectivity index (χ1) is 9.31. The number of benzene rings is 1. The van der Waals surface area contributed by atoms with Crippen molar-refractivity contribution in [2.75, 3.05) is 5.73 Å². The Bertz CT molecular complexity index is 717. The molecule has 0 spiro atoms. The van der Waals surface area contributed by atoms with Crippen molar-refractivity contribution in [3.8, 4) is 0 Å². The highest BCUT2D eigenvalue weighted by Gasteiger charge is 2.22. The van der Waals surface area contributed by atoms with Crippen molar-refractivity contribution < 1.29 is 12.8 Å². The highest BCUT2D eigenvalue weighted by Crippen LogP contribution is 2.28. The zero-order chi connectivity index (χ0) is 14.9. The lowest BCUT2D eigenvalue weighted by Crippen LogP contribution is -2.27. The predicted octanol–water partition coefficient (Wildman–Crippen LogP) is 3.27. The molecule has 0 saturated carbocycles. The highest BCUT2D eigenvalue weighted by molar-refractivity contribution is 9.10. The van der Waals surface area contributed by atoms with Gasteiger partial charge < -0.3 is 5.73 Å². The molecule has 0 saturated heterocycles. The Morgan fingerprint density at radius 3 is 2.75 bits per heavy atom. The molecule has 0 fully saturated rings. The minimum Gasteiger partial charge on any atom is -0.398 e. The Hall–Kier alpha value is -0.960. The normalized spacial score (nSPS) is 13.3. The minimum absolute atomic E-state index is 0.0517. The third-order valence-corrected chi connectivity index (χ3v) is 5.90. The number of anilines is 1. The summed E-state index contributed by atoms with van der Waals surface area (Å²) in [6, 6.07) is 5.43. The standard InChI is InChI=1S/C12H12BrFN2O2S2/c1-7(11-3-2-4-19-11)16-20(17,18)12-5-8(13)9(14)6-10(12)15/h2-7,16H,15H2,1H3. The number of nitrogen functional groups attached to an aromatic ring is 1. The summed E-state index contributed by atoms with van der Waals surface area (Å²) < 4.78 is 40.5. The van der Waals surface area contributed by atoms with Crippen LogP contribution in [0.15, 0.2) is 39.0 Å². The summed E-state index contributed by atoms with van der Waals surface area (Å²) in [5, 5.41) is 1.86. The fourth-order valence-electron chi connectivity index (χ4n) is 1.67. The van der Waals surface area contributed by atoms with E-state index >= 15 is 0 Å². The molecule has 0 aliphatic rings. The number of thiophene rings is 1. The van der Waals surface area contributed by atoms with Gasteiger partial charge in [-0.25, -0.2) is 17.5 Å². The maximum absolute atomic E-state index is 13.3. The number of nitrogens with two attached hydrogens (primary N) is 1. The molecule has 0 aliphatic carbocycles. The molecule has 2 rings (SSSR count). The molecule has 0 aliphatic heterocycles. The van der Waals surface area contributed by atoms with Crippen LogP contribution in [0.5, 0.6) is 0 Å². The van der Waals surface area contributed by atoms with E-state index in [0.717, 1.165) is 17.0 Å². The van der Waals surface area contributed by atoms with E-state index in [1.165, 1.54) is 11.3 Å². The van der Waals surface area contributed by atoms with Crippen LogP contribution in [-0.4, -0.2) is 8.42 Å². The summed E-state index contributed by atoms with van der Waals surface area (Å²) in [5.74, 6) is -0.604. The first kappa shape index (κ1) is 15.4. The molecule has 0 amide bonds. The zero-order valence-electron chi connectivity index (χ0n) is 10.4. The van der Waals surface area contributed by atoms with Gasteiger partial charge in [-0.05, 0) is 46.4 Å². The van der Waals surface area contributed by atoms with Gasteiger partial charge in [0.05, 0.1) is 16.2 Å². The molecule has 8 heteroatoms. The first-order valence-corrected chi connectivity index (χ1v) is 8.77. The van der Waals surface area contributed by atoms with Gasteiger partial charge in [0.25, 0.3) is 0 Å². The molecule has 4 nitrogen and oxygen atoms in total. The molecule has 108 valence electrons. The van der Waals surface area contributed by atoms with Gasteiger partial charge in [-0.2, -0.15) is 0 Å². The van der Waals surface area contributed by atoms with Crippen molar-refractivity contribution in [3.05, 3.63) is 44.8 Å². The largest absolute Gasteiger partial charge is 0.398 e. The SMILES string of the molecule is CC(NS(=O)(=O)c1cc(Br)c(F)cc1N)c1cccs1. The Morgan fingerprint density at radius 2 is 2.15 bits per heavy atom. The highest BCUT2D eigenvalue weighted by atomic mass is 79.9. The third-order valence-electron chi connectivity index (χ3n) is 2.64. The van der Waals surface area contributed by atoms with Crippen LogP contribution in [0.2, 0.25) is 0 Å². The van der Waals surface area contributed by atoms with E-state index in [4.69, 9.17) is 5.73 Å². The van der Waals surface area contributed by atoms with Gasteiger partial charge in [0.2, 0.25) is 10.0 Å². The van der Waals surface area contributed by atoms with E-state index in [9.17, 15) is 12.8 Å². The minimum atomic E-state index is -3.82. The van der Waals surface area contributed by atoms with Crippen LogP contribution in [0.1, 0.15) is 17.8 Å². The van der Waals surface area contributed by atoms with Gasteiger partial charge in [0.15, 0.2) is 0 Å². The second-order valence-corrected chi connectivity index (χ2v) is 7.68. The van der Waals surface area contributed by atoms with E-state index < -0.39 is 15.8 Å². The number of sulfonamides is 1. The Kier molecular flexibility index (Phi) is 4.48. The lowest BCUT2D eigenvalue weighted by atomic mass is 10.3. The average Bonchev–Trinajstić information content (AvgIpc) is 2.86. The number of nitrogens with one attached hydrogen (secondary N) is 1. The van der Waals surface area contributed by atoms with Crippen LogP contribution in [0.4, 0.5) is 10.1 Å². The van der Waals surface area contributed by atoms with E-state index in [2.05, 4.69) is 20.7 Å². The van der Waals surface area contributed by atoms with Gasteiger partial charge in [-0.1, -0.05) is 6.07 Å².